The summed E-state index contributed by atoms with van der Waals surface area (Å²) in [5.74, 6) is 0.336. The first-order valence-corrected chi connectivity index (χ1v) is 6.99. The molecule has 0 aliphatic heterocycles. The monoisotopic (exact) mass is 284 g/mol. The first-order valence-electron chi connectivity index (χ1n) is 6.99. The van der Waals surface area contributed by atoms with Crippen molar-refractivity contribution in [3.05, 3.63) is 47.5 Å². The first kappa shape index (κ1) is 15.0. The molecule has 0 spiro atoms. The number of carbonyl (C=O) groups excluding carboxylic acids is 1. The van der Waals surface area contributed by atoms with Crippen molar-refractivity contribution < 1.29 is 4.79 Å². The molecule has 0 aliphatic rings. The predicted molar refractivity (Wildman–Crippen MR) is 83.7 cm³/mol. The second-order valence-electron chi connectivity index (χ2n) is 4.89. The number of carbonyl (C=O) groups is 1. The molecule has 1 heterocycles. The third kappa shape index (κ3) is 3.18. The fraction of sp³-hybridized carbons (Fsp3) is 0.312. The number of nitrogens with one attached hydrogen (secondary N) is 1. The molecule has 0 fully saturated rings. The van der Waals surface area contributed by atoms with Crippen molar-refractivity contribution in [1.82, 2.24) is 15.2 Å². The van der Waals surface area contributed by atoms with E-state index in [1.54, 1.807) is 7.05 Å². The summed E-state index contributed by atoms with van der Waals surface area (Å²) in [5, 5.41) is 10.1. The highest BCUT2D eigenvalue weighted by Crippen LogP contribution is 2.12. The van der Waals surface area contributed by atoms with E-state index in [4.69, 9.17) is 0 Å². The van der Waals surface area contributed by atoms with Crippen LogP contribution in [-0.4, -0.2) is 23.1 Å². The van der Waals surface area contributed by atoms with E-state index >= 15 is 0 Å². The summed E-state index contributed by atoms with van der Waals surface area (Å²) in [7, 11) is 1.71. The smallest absolute Gasteiger partial charge is 0.172 e. The highest BCUT2D eigenvalue weighted by atomic mass is 16.1. The number of nitrogens with zero attached hydrogens (tertiary/aromatic N) is 3. The van der Waals surface area contributed by atoms with E-state index in [0.717, 1.165) is 17.2 Å². The third-order valence-corrected chi connectivity index (χ3v) is 3.23. The van der Waals surface area contributed by atoms with Crippen LogP contribution in [0.3, 0.4) is 0 Å². The Balaban J connectivity index is 2.70. The lowest BCUT2D eigenvalue weighted by atomic mass is 10.1. The minimum absolute atomic E-state index is 0.336. The quantitative estimate of drug-likeness (QED) is 0.519. The van der Waals surface area contributed by atoms with E-state index in [1.807, 2.05) is 41.9 Å². The van der Waals surface area contributed by atoms with E-state index in [9.17, 15) is 4.79 Å². The van der Waals surface area contributed by atoms with Gasteiger partial charge in [0.05, 0.1) is 5.52 Å². The van der Waals surface area contributed by atoms with Gasteiger partial charge in [0, 0.05) is 19.0 Å². The van der Waals surface area contributed by atoms with Crippen molar-refractivity contribution in [2.45, 2.75) is 20.4 Å². The van der Waals surface area contributed by atoms with E-state index in [0.29, 0.717) is 23.5 Å². The van der Waals surface area contributed by atoms with Crippen molar-refractivity contribution in [3.8, 4) is 0 Å². The third-order valence-electron chi connectivity index (χ3n) is 3.23. The highest BCUT2D eigenvalue weighted by molar-refractivity contribution is 5.83. The van der Waals surface area contributed by atoms with E-state index < -0.39 is 0 Å². The van der Waals surface area contributed by atoms with Crippen LogP contribution < -0.4 is 10.8 Å². The first-order chi connectivity index (χ1) is 10.2. The van der Waals surface area contributed by atoms with Crippen molar-refractivity contribution >= 4 is 17.2 Å². The Kier molecular flexibility index (Phi) is 4.87. The fourth-order valence-corrected chi connectivity index (χ4v) is 2.38. The number of allylic oxidation sites excluding steroid dienone is 2. The SMILES string of the molecule is C/C=C\C(C)Cn1nc(C=O)/c(=N\NC)c2ccccc21. The molecule has 1 aromatic heterocycles. The molecule has 0 saturated heterocycles. The van der Waals surface area contributed by atoms with Crippen LogP contribution in [0.15, 0.2) is 41.5 Å². The summed E-state index contributed by atoms with van der Waals surface area (Å²) in [6.45, 7) is 4.83. The maximum absolute atomic E-state index is 11.3. The molecule has 1 atom stereocenters. The average molecular weight is 284 g/mol. The number of hydrogen-bond acceptors (Lipinski definition) is 4. The van der Waals surface area contributed by atoms with Gasteiger partial charge in [-0.05, 0) is 18.9 Å². The normalized spacial score (nSPS) is 13.8. The van der Waals surface area contributed by atoms with Gasteiger partial charge < -0.3 is 5.43 Å². The van der Waals surface area contributed by atoms with E-state index in [1.165, 1.54) is 0 Å². The summed E-state index contributed by atoms with van der Waals surface area (Å²) in [4.78, 5) is 11.3. The van der Waals surface area contributed by atoms with Crippen LogP contribution >= 0.6 is 0 Å². The lowest BCUT2D eigenvalue weighted by molar-refractivity contribution is 0.111. The number of aromatic nitrogens is 2. The molecule has 1 unspecified atom stereocenters. The van der Waals surface area contributed by atoms with Gasteiger partial charge in [-0.15, -0.1) is 0 Å². The van der Waals surface area contributed by atoms with Gasteiger partial charge in [-0.2, -0.15) is 10.2 Å². The molecule has 5 heteroatoms. The largest absolute Gasteiger partial charge is 0.312 e. The van der Waals surface area contributed by atoms with Crippen molar-refractivity contribution in [2.75, 3.05) is 7.05 Å². The maximum atomic E-state index is 11.3. The zero-order valence-corrected chi connectivity index (χ0v) is 12.6. The topological polar surface area (TPSA) is 59.3 Å². The van der Waals surface area contributed by atoms with Crippen molar-refractivity contribution in [3.63, 3.8) is 0 Å². The molecule has 0 aliphatic carbocycles. The van der Waals surface area contributed by atoms with Crippen LogP contribution in [0.5, 0.6) is 0 Å². The number of para-hydroxylation sites is 1. The predicted octanol–water partition coefficient (Wildman–Crippen LogP) is 2.10. The minimum atomic E-state index is 0.336. The Morgan fingerprint density at radius 2 is 2.19 bits per heavy atom. The molecule has 0 saturated carbocycles. The van der Waals surface area contributed by atoms with Crippen molar-refractivity contribution in [1.29, 1.82) is 0 Å². The van der Waals surface area contributed by atoms with E-state index in [2.05, 4.69) is 28.6 Å². The summed E-state index contributed by atoms with van der Waals surface area (Å²) in [6, 6.07) is 7.85. The van der Waals surface area contributed by atoms with Gasteiger partial charge >= 0.3 is 0 Å². The second kappa shape index (κ2) is 6.83. The Bertz CT molecular complexity index is 731. The minimum Gasteiger partial charge on any atom is -0.312 e. The number of hydrogen-bond donors (Lipinski definition) is 1. The van der Waals surface area contributed by atoms with Crippen LogP contribution in [0.25, 0.3) is 10.9 Å². The molecule has 0 amide bonds. The van der Waals surface area contributed by atoms with Crippen LogP contribution in [0.4, 0.5) is 0 Å². The number of benzene rings is 1. The lowest BCUT2D eigenvalue weighted by Crippen LogP contribution is -2.23. The summed E-state index contributed by atoms with van der Waals surface area (Å²) in [6.07, 6.45) is 4.90. The zero-order valence-electron chi connectivity index (χ0n) is 12.6. The molecule has 5 nitrogen and oxygen atoms in total. The summed E-state index contributed by atoms with van der Waals surface area (Å²) >= 11 is 0. The molecule has 2 rings (SSSR count). The number of aldehydes is 1. The lowest BCUT2D eigenvalue weighted by Gasteiger charge is -2.14. The highest BCUT2D eigenvalue weighted by Gasteiger charge is 2.10. The molecule has 1 aromatic carbocycles. The van der Waals surface area contributed by atoms with E-state index in [-0.39, 0.29) is 0 Å². The Hall–Kier alpha value is -2.43. The standard InChI is InChI=1S/C16H20N4O/c1-4-7-12(2)10-20-15-9-6-5-8-13(15)16(18-17-3)14(11-21)19-20/h4-9,11-12,17H,10H2,1-3H3/b7-4-,18-16-. The molecular weight excluding hydrogens is 264 g/mol. The maximum Gasteiger partial charge on any atom is 0.172 e. The van der Waals surface area contributed by atoms with Crippen molar-refractivity contribution in [2.24, 2.45) is 11.0 Å². The number of fused-ring (bicyclic) bond motifs is 1. The number of rotatable bonds is 5. The molecule has 110 valence electrons. The molecule has 21 heavy (non-hydrogen) atoms. The van der Waals surface area contributed by atoms with Gasteiger partial charge in [0.2, 0.25) is 0 Å². The second-order valence-corrected chi connectivity index (χ2v) is 4.89. The Labute approximate surface area is 124 Å². The Morgan fingerprint density at radius 1 is 1.43 bits per heavy atom. The Morgan fingerprint density at radius 3 is 2.86 bits per heavy atom. The molecule has 0 radical (unpaired) electrons. The fourth-order valence-electron chi connectivity index (χ4n) is 2.38. The summed E-state index contributed by atoms with van der Waals surface area (Å²) < 4.78 is 1.87. The van der Waals surface area contributed by atoms with Gasteiger partial charge in [-0.25, -0.2) is 0 Å². The molecular formula is C16H20N4O. The average Bonchev–Trinajstić information content (AvgIpc) is 2.50. The van der Waals surface area contributed by atoms with Gasteiger partial charge in [0.25, 0.3) is 0 Å². The van der Waals surface area contributed by atoms with Gasteiger partial charge in [0.15, 0.2) is 12.0 Å². The zero-order chi connectivity index (χ0) is 15.2. The van der Waals surface area contributed by atoms with Crippen LogP contribution in [0.2, 0.25) is 0 Å². The van der Waals surface area contributed by atoms with Gasteiger partial charge in [-0.3, -0.25) is 9.48 Å². The molecule has 0 bridgehead atoms. The molecule has 2 aromatic rings. The molecule has 1 N–H and O–H groups in total. The van der Waals surface area contributed by atoms with Crippen LogP contribution in [0.1, 0.15) is 24.3 Å². The van der Waals surface area contributed by atoms with Gasteiger partial charge in [0.1, 0.15) is 5.36 Å². The van der Waals surface area contributed by atoms with Gasteiger partial charge in [-0.1, -0.05) is 37.3 Å². The van der Waals surface area contributed by atoms with Crippen LogP contribution in [0, 0.1) is 5.92 Å². The summed E-state index contributed by atoms with van der Waals surface area (Å²) in [5.41, 5.74) is 4.05. The van der Waals surface area contributed by atoms with Crippen LogP contribution in [-0.2, 0) is 6.54 Å².